The number of benzene rings is 2. The SMILES string of the molecule is CC(C)(C)c1ccccc1NC(=O)CN1C(=O)c2ccc(Cl)cc2C1=O. The smallest absolute Gasteiger partial charge is 0.262 e. The largest absolute Gasteiger partial charge is 0.324 e. The van der Waals surface area contributed by atoms with Gasteiger partial charge in [0.15, 0.2) is 0 Å². The molecule has 0 unspecified atom stereocenters. The van der Waals surface area contributed by atoms with Crippen molar-refractivity contribution in [3.05, 3.63) is 64.2 Å². The van der Waals surface area contributed by atoms with E-state index in [0.29, 0.717) is 10.7 Å². The van der Waals surface area contributed by atoms with Crippen molar-refractivity contribution in [3.8, 4) is 0 Å². The molecule has 0 aliphatic carbocycles. The van der Waals surface area contributed by atoms with Crippen LogP contribution in [0.4, 0.5) is 5.69 Å². The van der Waals surface area contributed by atoms with Gasteiger partial charge in [0.1, 0.15) is 6.54 Å². The van der Waals surface area contributed by atoms with Crippen molar-refractivity contribution in [2.24, 2.45) is 0 Å². The highest BCUT2D eigenvalue weighted by Gasteiger charge is 2.36. The van der Waals surface area contributed by atoms with Crippen molar-refractivity contribution >= 4 is 35.0 Å². The number of carbonyl (C=O) groups is 3. The average Bonchev–Trinajstić information content (AvgIpc) is 2.79. The van der Waals surface area contributed by atoms with Crippen LogP contribution in [-0.4, -0.2) is 29.2 Å². The number of nitrogens with one attached hydrogen (secondary N) is 1. The van der Waals surface area contributed by atoms with E-state index in [2.05, 4.69) is 5.32 Å². The fourth-order valence-corrected chi connectivity index (χ4v) is 3.16. The van der Waals surface area contributed by atoms with Crippen LogP contribution in [0.3, 0.4) is 0 Å². The molecule has 1 aliphatic heterocycles. The Morgan fingerprint density at radius 1 is 1.04 bits per heavy atom. The summed E-state index contributed by atoms with van der Waals surface area (Å²) >= 11 is 5.90. The van der Waals surface area contributed by atoms with Crippen molar-refractivity contribution in [1.29, 1.82) is 0 Å². The van der Waals surface area contributed by atoms with Crippen LogP contribution >= 0.6 is 11.6 Å². The highest BCUT2D eigenvalue weighted by Crippen LogP contribution is 2.30. The molecule has 1 heterocycles. The van der Waals surface area contributed by atoms with Gasteiger partial charge in [-0.3, -0.25) is 19.3 Å². The summed E-state index contributed by atoms with van der Waals surface area (Å²) in [5, 5.41) is 3.18. The summed E-state index contributed by atoms with van der Waals surface area (Å²) < 4.78 is 0. The second kappa shape index (κ2) is 6.57. The van der Waals surface area contributed by atoms with Crippen LogP contribution in [-0.2, 0) is 10.2 Å². The summed E-state index contributed by atoms with van der Waals surface area (Å²) in [6, 6.07) is 12.0. The Balaban J connectivity index is 1.78. The summed E-state index contributed by atoms with van der Waals surface area (Å²) in [5.74, 6) is -1.42. The highest BCUT2D eigenvalue weighted by molar-refractivity contribution is 6.32. The summed E-state index contributed by atoms with van der Waals surface area (Å²) in [7, 11) is 0. The summed E-state index contributed by atoms with van der Waals surface area (Å²) in [6.07, 6.45) is 0. The number of para-hydroxylation sites is 1. The van der Waals surface area contributed by atoms with E-state index in [0.717, 1.165) is 10.5 Å². The van der Waals surface area contributed by atoms with E-state index >= 15 is 0 Å². The Morgan fingerprint density at radius 3 is 2.38 bits per heavy atom. The molecule has 0 spiro atoms. The second-order valence-corrected chi connectivity index (χ2v) is 7.67. The Morgan fingerprint density at radius 2 is 1.69 bits per heavy atom. The van der Waals surface area contributed by atoms with Gasteiger partial charge in [0.2, 0.25) is 5.91 Å². The van der Waals surface area contributed by atoms with Crippen LogP contribution in [0.1, 0.15) is 47.1 Å². The predicted octanol–water partition coefficient (Wildman–Crippen LogP) is 3.87. The average molecular weight is 371 g/mol. The zero-order valence-electron chi connectivity index (χ0n) is 14.8. The lowest BCUT2D eigenvalue weighted by Crippen LogP contribution is -2.37. The minimum absolute atomic E-state index is 0.157. The second-order valence-electron chi connectivity index (χ2n) is 7.23. The Labute approximate surface area is 156 Å². The fraction of sp³-hybridized carbons (Fsp3) is 0.250. The van der Waals surface area contributed by atoms with E-state index < -0.39 is 17.7 Å². The molecule has 2 aromatic rings. The molecule has 0 bridgehead atoms. The first-order valence-corrected chi connectivity index (χ1v) is 8.61. The number of fused-ring (bicyclic) bond motifs is 1. The first kappa shape index (κ1) is 18.1. The molecule has 26 heavy (non-hydrogen) atoms. The van der Waals surface area contributed by atoms with E-state index in [9.17, 15) is 14.4 Å². The molecule has 1 N–H and O–H groups in total. The molecule has 134 valence electrons. The van der Waals surface area contributed by atoms with Gasteiger partial charge in [0, 0.05) is 10.7 Å². The van der Waals surface area contributed by atoms with Crippen molar-refractivity contribution < 1.29 is 14.4 Å². The van der Waals surface area contributed by atoms with Gasteiger partial charge in [0.05, 0.1) is 11.1 Å². The Kier molecular flexibility index (Phi) is 4.59. The summed E-state index contributed by atoms with van der Waals surface area (Å²) in [5.41, 5.74) is 1.98. The van der Waals surface area contributed by atoms with E-state index in [1.807, 2.05) is 39.0 Å². The van der Waals surface area contributed by atoms with Crippen molar-refractivity contribution in [2.75, 3.05) is 11.9 Å². The maximum atomic E-state index is 12.5. The van der Waals surface area contributed by atoms with Crippen LogP contribution in [0.5, 0.6) is 0 Å². The lowest BCUT2D eigenvalue weighted by Gasteiger charge is -2.23. The van der Waals surface area contributed by atoms with Crippen LogP contribution in [0.2, 0.25) is 5.02 Å². The quantitative estimate of drug-likeness (QED) is 0.834. The van der Waals surface area contributed by atoms with Gasteiger partial charge >= 0.3 is 0 Å². The van der Waals surface area contributed by atoms with Crippen molar-refractivity contribution in [3.63, 3.8) is 0 Å². The van der Waals surface area contributed by atoms with Gasteiger partial charge in [-0.1, -0.05) is 50.6 Å². The zero-order valence-corrected chi connectivity index (χ0v) is 15.6. The van der Waals surface area contributed by atoms with Crippen molar-refractivity contribution in [2.45, 2.75) is 26.2 Å². The molecule has 2 aromatic carbocycles. The molecule has 5 nitrogen and oxygen atoms in total. The molecule has 0 saturated heterocycles. The Bertz CT molecular complexity index is 916. The van der Waals surface area contributed by atoms with Gasteiger partial charge < -0.3 is 5.32 Å². The van der Waals surface area contributed by atoms with Gasteiger partial charge in [-0.2, -0.15) is 0 Å². The normalized spacial score (nSPS) is 13.8. The van der Waals surface area contributed by atoms with Crippen LogP contribution in [0, 0.1) is 0 Å². The molecule has 0 saturated carbocycles. The Hall–Kier alpha value is -2.66. The number of imide groups is 1. The molecule has 0 radical (unpaired) electrons. The van der Waals surface area contributed by atoms with Gasteiger partial charge in [0.25, 0.3) is 11.8 Å². The van der Waals surface area contributed by atoms with E-state index in [1.165, 1.54) is 12.1 Å². The number of amides is 3. The van der Waals surface area contributed by atoms with Gasteiger partial charge in [-0.25, -0.2) is 0 Å². The molecular formula is C20H19ClN2O3. The van der Waals surface area contributed by atoms with Crippen LogP contribution in [0.25, 0.3) is 0 Å². The number of anilines is 1. The number of hydrogen-bond donors (Lipinski definition) is 1. The topological polar surface area (TPSA) is 66.5 Å². The molecule has 3 amide bonds. The number of hydrogen-bond acceptors (Lipinski definition) is 3. The van der Waals surface area contributed by atoms with E-state index in [-0.39, 0.29) is 23.1 Å². The number of halogens is 1. The number of nitrogens with zero attached hydrogens (tertiary/aromatic N) is 1. The van der Waals surface area contributed by atoms with E-state index in [4.69, 9.17) is 11.6 Å². The fourth-order valence-electron chi connectivity index (χ4n) is 2.99. The molecular weight excluding hydrogens is 352 g/mol. The number of rotatable bonds is 3. The third-order valence-electron chi connectivity index (χ3n) is 4.24. The summed E-state index contributed by atoms with van der Waals surface area (Å²) in [6.45, 7) is 5.80. The molecule has 6 heteroatoms. The first-order chi connectivity index (χ1) is 12.2. The minimum atomic E-state index is -0.508. The van der Waals surface area contributed by atoms with Gasteiger partial charge in [-0.15, -0.1) is 0 Å². The molecule has 0 aromatic heterocycles. The van der Waals surface area contributed by atoms with Crippen molar-refractivity contribution in [1.82, 2.24) is 4.90 Å². The number of carbonyl (C=O) groups excluding carboxylic acids is 3. The van der Waals surface area contributed by atoms with Crippen LogP contribution in [0.15, 0.2) is 42.5 Å². The lowest BCUT2D eigenvalue weighted by atomic mass is 9.86. The standard InChI is InChI=1S/C20H19ClN2O3/c1-20(2,3)15-6-4-5-7-16(15)22-17(24)11-23-18(25)13-9-8-12(21)10-14(13)19(23)26/h4-10H,11H2,1-3H3,(H,22,24). The summed E-state index contributed by atoms with van der Waals surface area (Å²) in [4.78, 5) is 38.3. The van der Waals surface area contributed by atoms with E-state index in [1.54, 1.807) is 12.1 Å². The maximum absolute atomic E-state index is 12.5. The maximum Gasteiger partial charge on any atom is 0.262 e. The molecule has 1 aliphatic rings. The van der Waals surface area contributed by atoms with Crippen LogP contribution < -0.4 is 5.32 Å². The molecule has 0 fully saturated rings. The monoisotopic (exact) mass is 370 g/mol. The first-order valence-electron chi connectivity index (χ1n) is 8.23. The predicted molar refractivity (Wildman–Crippen MR) is 101 cm³/mol. The minimum Gasteiger partial charge on any atom is -0.324 e. The molecule has 3 rings (SSSR count). The molecule has 0 atom stereocenters. The third-order valence-corrected chi connectivity index (χ3v) is 4.48. The highest BCUT2D eigenvalue weighted by atomic mass is 35.5. The zero-order chi connectivity index (χ0) is 19.1. The lowest BCUT2D eigenvalue weighted by molar-refractivity contribution is -0.116. The van der Waals surface area contributed by atoms with Gasteiger partial charge in [-0.05, 0) is 35.2 Å². The third kappa shape index (κ3) is 3.35.